The number of benzene rings is 1. The number of hydrogen-bond acceptors (Lipinski definition) is 6. The molecule has 3 aliphatic rings. The normalized spacial score (nSPS) is 22.4. The molecule has 2 fully saturated rings. The fraction of sp³-hybridized carbons (Fsp3) is 0.542. The molecule has 0 spiro atoms. The van der Waals surface area contributed by atoms with Gasteiger partial charge in [0, 0.05) is 43.3 Å². The lowest BCUT2D eigenvalue weighted by molar-refractivity contribution is -0.136. The maximum atomic E-state index is 12.9. The van der Waals surface area contributed by atoms with Crippen molar-refractivity contribution in [1.29, 1.82) is 0 Å². The van der Waals surface area contributed by atoms with Crippen molar-refractivity contribution >= 4 is 35.5 Å². The lowest BCUT2D eigenvalue weighted by Gasteiger charge is -2.33. The first-order valence-corrected chi connectivity index (χ1v) is 11.8. The van der Waals surface area contributed by atoms with E-state index in [-0.39, 0.29) is 36.9 Å². The summed E-state index contributed by atoms with van der Waals surface area (Å²) in [6.07, 6.45) is 1.47. The molecule has 11 heteroatoms. The third-order valence-electron chi connectivity index (χ3n) is 6.20. The Labute approximate surface area is 203 Å². The van der Waals surface area contributed by atoms with Gasteiger partial charge >= 0.3 is 12.1 Å². The van der Waals surface area contributed by atoms with Crippen LogP contribution in [-0.2, 0) is 20.9 Å². The van der Waals surface area contributed by atoms with Crippen LogP contribution in [0.5, 0.6) is 0 Å². The Balaban J connectivity index is 1.36. The van der Waals surface area contributed by atoms with E-state index in [1.165, 1.54) is 4.90 Å². The Morgan fingerprint density at radius 2 is 1.91 bits per heavy atom. The molecular weight excluding hydrogens is 454 g/mol. The Kier molecular flexibility index (Phi) is 6.68. The van der Waals surface area contributed by atoms with Crippen LogP contribution >= 0.6 is 0 Å². The van der Waals surface area contributed by atoms with Crippen molar-refractivity contribution in [3.05, 3.63) is 29.3 Å². The summed E-state index contributed by atoms with van der Waals surface area (Å²) in [6.45, 7) is 6.53. The molecule has 188 valence electrons. The molecule has 2 atom stereocenters. The third-order valence-corrected chi connectivity index (χ3v) is 6.20. The summed E-state index contributed by atoms with van der Waals surface area (Å²) >= 11 is 0. The Bertz CT molecular complexity index is 1060. The van der Waals surface area contributed by atoms with Crippen molar-refractivity contribution in [2.75, 3.05) is 18.4 Å². The van der Waals surface area contributed by atoms with Crippen LogP contribution in [-0.4, -0.2) is 70.4 Å². The van der Waals surface area contributed by atoms with Crippen LogP contribution in [0.3, 0.4) is 0 Å². The highest BCUT2D eigenvalue weighted by atomic mass is 16.6. The smallest absolute Gasteiger partial charge is 0.407 e. The molecule has 1 unspecified atom stereocenters. The van der Waals surface area contributed by atoms with E-state index in [9.17, 15) is 24.0 Å². The number of anilines is 1. The van der Waals surface area contributed by atoms with E-state index in [1.807, 2.05) is 0 Å². The molecule has 1 aromatic carbocycles. The number of fused-ring (bicyclic) bond motifs is 1. The number of hydrogen-bond donors (Lipinski definition) is 3. The number of likely N-dealkylation sites (tertiary alicyclic amines) is 1. The molecule has 3 aliphatic heterocycles. The minimum atomic E-state index is -0.687. The second-order valence-electron chi connectivity index (χ2n) is 10.1. The first-order valence-electron chi connectivity index (χ1n) is 11.8. The molecule has 0 radical (unpaired) electrons. The summed E-state index contributed by atoms with van der Waals surface area (Å²) < 4.78 is 5.31. The van der Waals surface area contributed by atoms with E-state index in [0.29, 0.717) is 36.3 Å². The highest BCUT2D eigenvalue weighted by Gasteiger charge is 2.39. The number of carbonyl (C=O) groups excluding carboxylic acids is 5. The zero-order chi connectivity index (χ0) is 25.3. The molecule has 3 heterocycles. The highest BCUT2D eigenvalue weighted by Crippen LogP contribution is 2.29. The standard InChI is InChI=1S/C24H31N5O6/c1-24(2,3)35-23(34)26-16-5-4-10-28(13-16)22(33)25-15-6-7-17-14(11-15)12-29(21(17)32)18-8-9-19(30)27-20(18)31/h6-7,11,16,18H,4-5,8-10,12-13H2,1-3H3,(H,25,33)(H,26,34)(H,27,30,31)/t16-,18?/m1/s1. The molecule has 4 rings (SSSR count). The number of imide groups is 1. The molecule has 0 aromatic heterocycles. The largest absolute Gasteiger partial charge is 0.444 e. The Hall–Kier alpha value is -3.63. The lowest BCUT2D eigenvalue weighted by Crippen LogP contribution is -2.52. The molecule has 1 aromatic rings. The molecule has 35 heavy (non-hydrogen) atoms. The highest BCUT2D eigenvalue weighted by molar-refractivity contribution is 6.05. The Morgan fingerprint density at radius 3 is 2.63 bits per heavy atom. The van der Waals surface area contributed by atoms with Gasteiger partial charge in [-0.2, -0.15) is 0 Å². The first kappa shape index (κ1) is 24.5. The van der Waals surface area contributed by atoms with Gasteiger partial charge in [0.2, 0.25) is 11.8 Å². The topological polar surface area (TPSA) is 137 Å². The van der Waals surface area contributed by atoms with Gasteiger partial charge in [-0.1, -0.05) is 0 Å². The fourth-order valence-electron chi connectivity index (χ4n) is 4.61. The average molecular weight is 486 g/mol. The third kappa shape index (κ3) is 5.72. The van der Waals surface area contributed by atoms with Crippen molar-refractivity contribution in [3.63, 3.8) is 0 Å². The van der Waals surface area contributed by atoms with Gasteiger partial charge in [-0.25, -0.2) is 9.59 Å². The van der Waals surface area contributed by atoms with Gasteiger partial charge in [-0.3, -0.25) is 19.7 Å². The van der Waals surface area contributed by atoms with Gasteiger partial charge in [0.15, 0.2) is 0 Å². The molecular formula is C24H31N5O6. The summed E-state index contributed by atoms with van der Waals surface area (Å²) in [5.41, 5.74) is 1.13. The van der Waals surface area contributed by atoms with E-state index in [4.69, 9.17) is 4.74 Å². The van der Waals surface area contributed by atoms with Crippen LogP contribution in [0.25, 0.3) is 0 Å². The van der Waals surface area contributed by atoms with Gasteiger partial charge in [-0.05, 0) is 63.8 Å². The number of alkyl carbamates (subject to hydrolysis) is 1. The van der Waals surface area contributed by atoms with Crippen molar-refractivity contribution < 1.29 is 28.7 Å². The Morgan fingerprint density at radius 1 is 1.14 bits per heavy atom. The molecule has 0 aliphatic carbocycles. The molecule has 0 saturated carbocycles. The summed E-state index contributed by atoms with van der Waals surface area (Å²) in [5.74, 6) is -1.06. The minimum absolute atomic E-state index is 0.192. The number of amides is 6. The number of nitrogens with zero attached hydrogens (tertiary/aromatic N) is 2. The zero-order valence-corrected chi connectivity index (χ0v) is 20.2. The summed E-state index contributed by atoms with van der Waals surface area (Å²) in [4.78, 5) is 64.6. The predicted molar refractivity (Wildman–Crippen MR) is 125 cm³/mol. The number of rotatable bonds is 3. The van der Waals surface area contributed by atoms with Crippen LogP contribution in [0.1, 0.15) is 62.4 Å². The maximum absolute atomic E-state index is 12.9. The van der Waals surface area contributed by atoms with E-state index in [2.05, 4.69) is 16.0 Å². The van der Waals surface area contributed by atoms with Crippen molar-refractivity contribution in [2.45, 2.75) is 70.7 Å². The van der Waals surface area contributed by atoms with E-state index in [1.54, 1.807) is 43.9 Å². The van der Waals surface area contributed by atoms with Gasteiger partial charge in [0.05, 0.1) is 0 Å². The number of nitrogens with one attached hydrogen (secondary N) is 3. The number of ether oxygens (including phenoxy) is 1. The first-order chi connectivity index (χ1) is 16.5. The van der Waals surface area contributed by atoms with Crippen LogP contribution in [0.4, 0.5) is 15.3 Å². The van der Waals surface area contributed by atoms with Crippen LogP contribution in [0.15, 0.2) is 18.2 Å². The SMILES string of the molecule is CC(C)(C)OC(=O)N[C@@H]1CCCN(C(=O)Nc2ccc3c(c2)CN(C2CCC(=O)NC2=O)C3=O)C1. The number of piperidine rings is 2. The monoisotopic (exact) mass is 485 g/mol. The second-order valence-corrected chi connectivity index (χ2v) is 10.1. The van der Waals surface area contributed by atoms with Crippen molar-refractivity contribution in [2.24, 2.45) is 0 Å². The average Bonchev–Trinajstić information content (AvgIpc) is 3.08. The molecule has 11 nitrogen and oxygen atoms in total. The van der Waals surface area contributed by atoms with E-state index in [0.717, 1.165) is 12.8 Å². The van der Waals surface area contributed by atoms with Crippen molar-refractivity contribution in [1.82, 2.24) is 20.4 Å². The zero-order valence-electron chi connectivity index (χ0n) is 20.2. The van der Waals surface area contributed by atoms with Crippen LogP contribution in [0, 0.1) is 0 Å². The molecule has 2 saturated heterocycles. The van der Waals surface area contributed by atoms with E-state index < -0.39 is 23.6 Å². The summed E-state index contributed by atoms with van der Waals surface area (Å²) in [5, 5.41) is 7.98. The fourth-order valence-corrected chi connectivity index (χ4v) is 4.61. The van der Waals surface area contributed by atoms with Gasteiger partial charge in [0.1, 0.15) is 11.6 Å². The van der Waals surface area contributed by atoms with Gasteiger partial charge in [-0.15, -0.1) is 0 Å². The molecule has 0 bridgehead atoms. The minimum Gasteiger partial charge on any atom is -0.444 e. The lowest BCUT2D eigenvalue weighted by atomic mass is 10.0. The van der Waals surface area contributed by atoms with Gasteiger partial charge in [0.25, 0.3) is 5.91 Å². The second kappa shape index (κ2) is 9.55. The van der Waals surface area contributed by atoms with E-state index >= 15 is 0 Å². The summed E-state index contributed by atoms with van der Waals surface area (Å²) in [6, 6.07) is 3.84. The predicted octanol–water partition coefficient (Wildman–Crippen LogP) is 1.97. The van der Waals surface area contributed by atoms with Crippen LogP contribution < -0.4 is 16.0 Å². The number of carbonyl (C=O) groups is 5. The summed E-state index contributed by atoms with van der Waals surface area (Å²) in [7, 11) is 0. The molecule has 3 N–H and O–H groups in total. The van der Waals surface area contributed by atoms with Crippen molar-refractivity contribution in [3.8, 4) is 0 Å². The maximum Gasteiger partial charge on any atom is 0.407 e. The molecule has 6 amide bonds. The van der Waals surface area contributed by atoms with Gasteiger partial charge < -0.3 is 25.2 Å². The number of urea groups is 1. The van der Waals surface area contributed by atoms with Crippen LogP contribution in [0.2, 0.25) is 0 Å². The quantitative estimate of drug-likeness (QED) is 0.560.